The number of anilines is 1. The summed E-state index contributed by atoms with van der Waals surface area (Å²) in [5, 5.41) is 0. The van der Waals surface area contributed by atoms with Gasteiger partial charge in [0.2, 0.25) is 5.95 Å². The largest absolute Gasteiger partial charge is 0.341 e. The van der Waals surface area contributed by atoms with Gasteiger partial charge in [0, 0.05) is 37.9 Å². The summed E-state index contributed by atoms with van der Waals surface area (Å²) in [5.41, 5.74) is 3.48. The van der Waals surface area contributed by atoms with Crippen LogP contribution in [0.1, 0.15) is 37.2 Å². The second-order valence-electron chi connectivity index (χ2n) is 6.52. The van der Waals surface area contributed by atoms with Crippen molar-refractivity contribution in [2.45, 2.75) is 39.2 Å². The van der Waals surface area contributed by atoms with Gasteiger partial charge in [-0.1, -0.05) is 19.1 Å². The predicted molar refractivity (Wildman–Crippen MR) is 96.4 cm³/mol. The van der Waals surface area contributed by atoms with Crippen LogP contribution in [0.5, 0.6) is 0 Å². The highest BCUT2D eigenvalue weighted by Gasteiger charge is 2.25. The van der Waals surface area contributed by atoms with E-state index in [-0.39, 0.29) is 0 Å². The van der Waals surface area contributed by atoms with Gasteiger partial charge >= 0.3 is 0 Å². The quantitative estimate of drug-likeness (QED) is 0.740. The minimum absolute atomic E-state index is 0.508. The van der Waals surface area contributed by atoms with Gasteiger partial charge in [0.25, 0.3) is 0 Å². The van der Waals surface area contributed by atoms with E-state index in [0.717, 1.165) is 49.4 Å². The highest BCUT2D eigenvalue weighted by Crippen LogP contribution is 2.30. The van der Waals surface area contributed by atoms with Crippen LogP contribution in [0, 0.1) is 6.92 Å². The molecule has 1 saturated heterocycles. The number of hydrogen-bond donors (Lipinski definition) is 0. The van der Waals surface area contributed by atoms with Crippen LogP contribution >= 0.6 is 0 Å². The van der Waals surface area contributed by atoms with Crippen molar-refractivity contribution in [2.75, 3.05) is 18.0 Å². The SMILES string of the molecule is CCc1nc2ccccc2n1C1CCN(c2ncc(C)cn2)CC1. The van der Waals surface area contributed by atoms with Gasteiger partial charge in [-0.3, -0.25) is 0 Å². The van der Waals surface area contributed by atoms with E-state index in [4.69, 9.17) is 4.98 Å². The Hall–Kier alpha value is -2.43. The van der Waals surface area contributed by atoms with Crippen LogP contribution in [0.4, 0.5) is 5.95 Å². The molecule has 1 fully saturated rings. The maximum Gasteiger partial charge on any atom is 0.225 e. The molecular weight excluding hydrogens is 298 g/mol. The van der Waals surface area contributed by atoms with Crippen LogP contribution in [0.15, 0.2) is 36.7 Å². The van der Waals surface area contributed by atoms with Gasteiger partial charge < -0.3 is 9.47 Å². The fourth-order valence-corrected chi connectivity index (χ4v) is 3.62. The van der Waals surface area contributed by atoms with E-state index in [1.807, 2.05) is 19.3 Å². The van der Waals surface area contributed by atoms with Gasteiger partial charge in [-0.2, -0.15) is 0 Å². The Morgan fingerprint density at radius 2 is 1.79 bits per heavy atom. The first-order valence-electron chi connectivity index (χ1n) is 8.75. The number of rotatable bonds is 3. The number of fused-ring (bicyclic) bond motifs is 1. The van der Waals surface area contributed by atoms with E-state index < -0.39 is 0 Å². The third-order valence-electron chi connectivity index (χ3n) is 4.86. The van der Waals surface area contributed by atoms with Crippen LogP contribution in [0.2, 0.25) is 0 Å². The summed E-state index contributed by atoms with van der Waals surface area (Å²) in [6.07, 6.45) is 6.96. The second kappa shape index (κ2) is 6.23. The summed E-state index contributed by atoms with van der Waals surface area (Å²) in [6.45, 7) is 6.19. The molecule has 24 heavy (non-hydrogen) atoms. The van der Waals surface area contributed by atoms with Gasteiger partial charge in [-0.15, -0.1) is 0 Å². The minimum Gasteiger partial charge on any atom is -0.341 e. The number of aryl methyl sites for hydroxylation is 2. The topological polar surface area (TPSA) is 46.8 Å². The molecule has 0 amide bonds. The first-order valence-corrected chi connectivity index (χ1v) is 8.75. The molecule has 1 aliphatic rings. The molecule has 0 atom stereocenters. The molecule has 0 saturated carbocycles. The molecule has 3 aromatic rings. The Balaban J connectivity index is 1.57. The predicted octanol–water partition coefficient (Wildman–Crippen LogP) is 3.54. The van der Waals surface area contributed by atoms with E-state index >= 15 is 0 Å². The van der Waals surface area contributed by atoms with Gasteiger partial charge in [0.05, 0.1) is 11.0 Å². The minimum atomic E-state index is 0.508. The third kappa shape index (κ3) is 2.64. The van der Waals surface area contributed by atoms with Crippen molar-refractivity contribution in [3.8, 4) is 0 Å². The van der Waals surface area contributed by atoms with E-state index in [1.165, 1.54) is 11.3 Å². The van der Waals surface area contributed by atoms with Crippen LogP contribution in [-0.4, -0.2) is 32.6 Å². The number of para-hydroxylation sites is 2. The van der Waals surface area contributed by atoms with Gasteiger partial charge in [0.1, 0.15) is 5.82 Å². The number of piperidine rings is 1. The van der Waals surface area contributed by atoms with Crippen molar-refractivity contribution in [1.29, 1.82) is 0 Å². The molecule has 5 nitrogen and oxygen atoms in total. The highest BCUT2D eigenvalue weighted by atomic mass is 15.3. The maximum absolute atomic E-state index is 4.82. The van der Waals surface area contributed by atoms with Crippen LogP contribution in [-0.2, 0) is 6.42 Å². The first-order chi connectivity index (χ1) is 11.8. The molecule has 5 heteroatoms. The molecule has 3 heterocycles. The average molecular weight is 321 g/mol. The summed E-state index contributed by atoms with van der Waals surface area (Å²) < 4.78 is 2.46. The van der Waals surface area contributed by atoms with Crippen molar-refractivity contribution in [1.82, 2.24) is 19.5 Å². The lowest BCUT2D eigenvalue weighted by molar-refractivity contribution is 0.392. The molecule has 0 unspecified atom stereocenters. The van der Waals surface area contributed by atoms with Crippen LogP contribution in [0.3, 0.4) is 0 Å². The molecule has 0 bridgehead atoms. The smallest absolute Gasteiger partial charge is 0.225 e. The molecule has 1 aliphatic heterocycles. The second-order valence-corrected chi connectivity index (χ2v) is 6.52. The molecule has 0 N–H and O–H groups in total. The average Bonchev–Trinajstić information content (AvgIpc) is 3.01. The lowest BCUT2D eigenvalue weighted by atomic mass is 10.0. The van der Waals surface area contributed by atoms with Crippen molar-refractivity contribution >= 4 is 17.0 Å². The van der Waals surface area contributed by atoms with Gasteiger partial charge in [0.15, 0.2) is 0 Å². The summed E-state index contributed by atoms with van der Waals surface area (Å²) in [5.74, 6) is 2.05. The molecule has 1 aromatic carbocycles. The van der Waals surface area contributed by atoms with E-state index in [2.05, 4.69) is 50.6 Å². The summed E-state index contributed by atoms with van der Waals surface area (Å²) >= 11 is 0. The Morgan fingerprint density at radius 1 is 1.08 bits per heavy atom. The van der Waals surface area contributed by atoms with Gasteiger partial charge in [-0.05, 0) is 37.5 Å². The summed E-state index contributed by atoms with van der Waals surface area (Å²) in [7, 11) is 0. The van der Waals surface area contributed by atoms with Crippen molar-refractivity contribution in [3.05, 3.63) is 48.0 Å². The Bertz CT molecular complexity index is 829. The molecule has 0 radical (unpaired) electrons. The van der Waals surface area contributed by atoms with Crippen molar-refractivity contribution in [3.63, 3.8) is 0 Å². The monoisotopic (exact) mass is 321 g/mol. The maximum atomic E-state index is 4.82. The Kier molecular flexibility index (Phi) is 3.92. The molecule has 2 aromatic heterocycles. The molecular formula is C19H23N5. The fourth-order valence-electron chi connectivity index (χ4n) is 3.62. The number of nitrogens with zero attached hydrogens (tertiary/aromatic N) is 5. The zero-order valence-electron chi connectivity index (χ0n) is 14.3. The number of aromatic nitrogens is 4. The van der Waals surface area contributed by atoms with Crippen LogP contribution < -0.4 is 4.90 Å². The number of imidazole rings is 1. The van der Waals surface area contributed by atoms with E-state index in [1.54, 1.807) is 0 Å². The number of benzene rings is 1. The summed E-state index contributed by atoms with van der Waals surface area (Å²) in [4.78, 5) is 16.0. The zero-order chi connectivity index (χ0) is 16.5. The van der Waals surface area contributed by atoms with Crippen molar-refractivity contribution < 1.29 is 0 Å². The molecule has 0 spiro atoms. The van der Waals surface area contributed by atoms with Crippen LogP contribution in [0.25, 0.3) is 11.0 Å². The van der Waals surface area contributed by atoms with E-state index in [9.17, 15) is 0 Å². The Morgan fingerprint density at radius 3 is 2.50 bits per heavy atom. The lowest BCUT2D eigenvalue weighted by Gasteiger charge is -2.33. The summed E-state index contributed by atoms with van der Waals surface area (Å²) in [6, 6.07) is 8.98. The normalized spacial score (nSPS) is 16.0. The lowest BCUT2D eigenvalue weighted by Crippen LogP contribution is -2.36. The Labute approximate surface area is 142 Å². The number of hydrogen-bond acceptors (Lipinski definition) is 4. The third-order valence-corrected chi connectivity index (χ3v) is 4.86. The standard InChI is InChI=1S/C19H23N5/c1-3-18-22-16-6-4-5-7-17(16)24(18)15-8-10-23(11-9-15)19-20-12-14(2)13-21-19/h4-7,12-13,15H,3,8-11H2,1-2H3. The first kappa shape index (κ1) is 15.1. The van der Waals surface area contributed by atoms with Crippen molar-refractivity contribution in [2.24, 2.45) is 0 Å². The highest BCUT2D eigenvalue weighted by molar-refractivity contribution is 5.76. The van der Waals surface area contributed by atoms with E-state index in [0.29, 0.717) is 6.04 Å². The fraction of sp³-hybridized carbons (Fsp3) is 0.421. The zero-order valence-corrected chi connectivity index (χ0v) is 14.3. The molecule has 4 rings (SSSR count). The molecule has 0 aliphatic carbocycles. The molecule has 124 valence electrons. The van der Waals surface area contributed by atoms with Gasteiger partial charge in [-0.25, -0.2) is 15.0 Å².